The lowest BCUT2D eigenvalue weighted by molar-refractivity contribution is 0.567. The fraction of sp³-hybridized carbons (Fsp3) is 0.389. The number of nitrogens with zero attached hydrogens (tertiary/aromatic N) is 6. The van der Waals surface area contributed by atoms with Crippen molar-refractivity contribution in [2.45, 2.75) is 32.4 Å². The predicted molar refractivity (Wildman–Crippen MR) is 102 cm³/mol. The zero-order chi connectivity index (χ0) is 17.6. The van der Waals surface area contributed by atoms with E-state index in [-0.39, 0.29) is 0 Å². The maximum absolute atomic E-state index is 4.60. The first kappa shape index (κ1) is 17.0. The summed E-state index contributed by atoms with van der Waals surface area (Å²) in [5, 5.41) is 6.34. The molecule has 0 amide bonds. The average molecular weight is 367 g/mol. The molecule has 26 heavy (non-hydrogen) atoms. The van der Waals surface area contributed by atoms with E-state index in [1.165, 1.54) is 19.3 Å². The molecule has 0 aromatic carbocycles. The number of anilines is 1. The smallest absolute Gasteiger partial charge is 0.225 e. The lowest BCUT2D eigenvalue weighted by Crippen LogP contribution is -2.31. The molecule has 3 aromatic heterocycles. The molecule has 0 atom stereocenters. The van der Waals surface area contributed by atoms with Crippen molar-refractivity contribution in [3.05, 3.63) is 47.6 Å². The molecule has 8 heteroatoms. The third-order valence-electron chi connectivity index (χ3n) is 4.30. The van der Waals surface area contributed by atoms with Gasteiger partial charge in [-0.1, -0.05) is 0 Å². The molecule has 4 rings (SSSR count). The molecule has 0 unspecified atom stereocenters. The minimum Gasteiger partial charge on any atom is -0.341 e. The van der Waals surface area contributed by atoms with Gasteiger partial charge in [-0.2, -0.15) is 0 Å². The predicted octanol–water partition coefficient (Wildman–Crippen LogP) is 2.67. The van der Waals surface area contributed by atoms with Crippen LogP contribution in [0.2, 0.25) is 0 Å². The van der Waals surface area contributed by atoms with Crippen molar-refractivity contribution >= 4 is 17.3 Å². The Morgan fingerprint density at radius 3 is 2.58 bits per heavy atom. The highest BCUT2D eigenvalue weighted by Crippen LogP contribution is 2.20. The molecule has 7 nitrogen and oxygen atoms in total. The van der Waals surface area contributed by atoms with Crippen molar-refractivity contribution < 1.29 is 0 Å². The Morgan fingerprint density at radius 2 is 1.81 bits per heavy atom. The Bertz CT molecular complexity index is 813. The van der Waals surface area contributed by atoms with E-state index in [0.717, 1.165) is 47.5 Å². The SMILES string of the molecule is c1cnc(-c2nc(CNCc3cnc(N4CCCCC4)nc3)cs2)cn1. The van der Waals surface area contributed by atoms with E-state index in [1.54, 1.807) is 29.9 Å². The molecule has 0 bridgehead atoms. The summed E-state index contributed by atoms with van der Waals surface area (Å²) in [7, 11) is 0. The summed E-state index contributed by atoms with van der Waals surface area (Å²) >= 11 is 1.58. The van der Waals surface area contributed by atoms with Gasteiger partial charge in [-0.25, -0.2) is 15.0 Å². The highest BCUT2D eigenvalue weighted by molar-refractivity contribution is 7.13. The van der Waals surface area contributed by atoms with E-state index < -0.39 is 0 Å². The van der Waals surface area contributed by atoms with Crippen molar-refractivity contribution in [3.63, 3.8) is 0 Å². The van der Waals surface area contributed by atoms with Crippen LogP contribution in [0.15, 0.2) is 36.4 Å². The number of thiazole rings is 1. The highest BCUT2D eigenvalue weighted by Gasteiger charge is 2.13. The van der Waals surface area contributed by atoms with E-state index in [9.17, 15) is 0 Å². The van der Waals surface area contributed by atoms with Crippen LogP contribution < -0.4 is 10.2 Å². The van der Waals surface area contributed by atoms with E-state index in [2.05, 4.69) is 35.1 Å². The van der Waals surface area contributed by atoms with Gasteiger partial charge < -0.3 is 10.2 Å². The number of hydrogen-bond donors (Lipinski definition) is 1. The topological polar surface area (TPSA) is 79.7 Å². The average Bonchev–Trinajstić information content (AvgIpc) is 3.19. The van der Waals surface area contributed by atoms with Gasteiger partial charge in [0.2, 0.25) is 5.95 Å². The van der Waals surface area contributed by atoms with Crippen molar-refractivity contribution in [2.24, 2.45) is 0 Å². The van der Waals surface area contributed by atoms with Gasteiger partial charge in [0.25, 0.3) is 0 Å². The summed E-state index contributed by atoms with van der Waals surface area (Å²) in [4.78, 5) is 24.3. The van der Waals surface area contributed by atoms with E-state index in [1.807, 2.05) is 17.8 Å². The molecular weight excluding hydrogens is 346 g/mol. The molecule has 134 valence electrons. The zero-order valence-corrected chi connectivity index (χ0v) is 15.3. The first-order chi connectivity index (χ1) is 12.9. The molecule has 0 saturated carbocycles. The van der Waals surface area contributed by atoms with Crippen LogP contribution in [-0.2, 0) is 13.1 Å². The van der Waals surface area contributed by atoms with Crippen LogP contribution in [0.4, 0.5) is 5.95 Å². The van der Waals surface area contributed by atoms with Gasteiger partial charge in [-0.3, -0.25) is 9.97 Å². The number of hydrogen-bond acceptors (Lipinski definition) is 8. The summed E-state index contributed by atoms with van der Waals surface area (Å²) < 4.78 is 0. The number of piperidine rings is 1. The van der Waals surface area contributed by atoms with Gasteiger partial charge in [0.15, 0.2) is 0 Å². The molecule has 4 heterocycles. The molecule has 1 saturated heterocycles. The maximum atomic E-state index is 4.60. The summed E-state index contributed by atoms with van der Waals surface area (Å²) in [6.07, 6.45) is 12.7. The largest absolute Gasteiger partial charge is 0.341 e. The van der Waals surface area contributed by atoms with Crippen molar-refractivity contribution in [2.75, 3.05) is 18.0 Å². The van der Waals surface area contributed by atoms with Crippen LogP contribution in [0, 0.1) is 0 Å². The van der Waals surface area contributed by atoms with Crippen LogP contribution in [-0.4, -0.2) is 38.0 Å². The summed E-state index contributed by atoms with van der Waals surface area (Å²) in [6, 6.07) is 0. The monoisotopic (exact) mass is 367 g/mol. The molecule has 0 spiro atoms. The van der Waals surface area contributed by atoms with Crippen LogP contribution in [0.25, 0.3) is 10.7 Å². The Labute approximate surface area is 156 Å². The number of nitrogens with one attached hydrogen (secondary N) is 1. The third kappa shape index (κ3) is 4.20. The van der Waals surface area contributed by atoms with Crippen molar-refractivity contribution in [1.82, 2.24) is 30.2 Å². The fourth-order valence-corrected chi connectivity index (χ4v) is 3.73. The molecule has 3 aromatic rings. The van der Waals surface area contributed by atoms with Gasteiger partial charge in [0.1, 0.15) is 10.7 Å². The Hall–Kier alpha value is -2.45. The number of rotatable bonds is 6. The Kier molecular flexibility index (Phi) is 5.41. The molecule has 1 N–H and O–H groups in total. The zero-order valence-electron chi connectivity index (χ0n) is 14.5. The quantitative estimate of drug-likeness (QED) is 0.717. The molecule has 1 aliphatic rings. The van der Waals surface area contributed by atoms with Crippen LogP contribution in [0.5, 0.6) is 0 Å². The van der Waals surface area contributed by atoms with Crippen LogP contribution in [0.3, 0.4) is 0 Å². The van der Waals surface area contributed by atoms with Gasteiger partial charge in [0.05, 0.1) is 11.9 Å². The summed E-state index contributed by atoms with van der Waals surface area (Å²) in [5.74, 6) is 0.849. The minimum absolute atomic E-state index is 0.699. The summed E-state index contributed by atoms with van der Waals surface area (Å²) in [5.41, 5.74) is 2.89. The normalized spacial score (nSPS) is 14.5. The first-order valence-electron chi connectivity index (χ1n) is 8.86. The van der Waals surface area contributed by atoms with E-state index in [4.69, 9.17) is 0 Å². The van der Waals surface area contributed by atoms with Gasteiger partial charge in [0, 0.05) is 61.9 Å². The molecule has 1 fully saturated rings. The first-order valence-corrected chi connectivity index (χ1v) is 9.74. The van der Waals surface area contributed by atoms with Gasteiger partial charge in [-0.05, 0) is 19.3 Å². The second-order valence-electron chi connectivity index (χ2n) is 6.28. The third-order valence-corrected chi connectivity index (χ3v) is 5.21. The van der Waals surface area contributed by atoms with E-state index in [0.29, 0.717) is 6.54 Å². The molecule has 1 aliphatic heterocycles. The maximum Gasteiger partial charge on any atom is 0.225 e. The van der Waals surface area contributed by atoms with E-state index >= 15 is 0 Å². The Balaban J connectivity index is 1.29. The Morgan fingerprint density at radius 1 is 0.962 bits per heavy atom. The van der Waals surface area contributed by atoms with Crippen molar-refractivity contribution in [3.8, 4) is 10.7 Å². The second kappa shape index (κ2) is 8.29. The highest BCUT2D eigenvalue weighted by atomic mass is 32.1. The second-order valence-corrected chi connectivity index (χ2v) is 7.14. The van der Waals surface area contributed by atoms with Crippen molar-refractivity contribution in [1.29, 1.82) is 0 Å². The van der Waals surface area contributed by atoms with Gasteiger partial charge >= 0.3 is 0 Å². The molecule has 0 radical (unpaired) electrons. The number of aromatic nitrogens is 5. The van der Waals surface area contributed by atoms with Gasteiger partial charge in [-0.15, -0.1) is 11.3 Å². The fourth-order valence-electron chi connectivity index (χ4n) is 2.95. The molecule has 0 aliphatic carbocycles. The van der Waals surface area contributed by atoms with Crippen LogP contribution in [0.1, 0.15) is 30.5 Å². The molecular formula is C18H21N7S. The minimum atomic E-state index is 0.699. The van der Waals surface area contributed by atoms with Crippen LogP contribution >= 0.6 is 11.3 Å². The standard InChI is InChI=1S/C18H21N7S/c1-2-6-25(7-3-1)18-22-9-14(10-23-18)8-20-11-15-13-26-17(24-15)16-12-19-4-5-21-16/h4-5,9-10,12-13,20H,1-3,6-8,11H2. The summed E-state index contributed by atoms with van der Waals surface area (Å²) in [6.45, 7) is 3.55. The lowest BCUT2D eigenvalue weighted by Gasteiger charge is -2.26. The lowest BCUT2D eigenvalue weighted by atomic mass is 10.1.